The monoisotopic (exact) mass is 471 g/mol. The van der Waals surface area contributed by atoms with E-state index in [1.54, 1.807) is 4.68 Å². The SMILES string of the molecule is Cc1nn(C)c2nc(-c3ccccc3)cc(C(=O)Nc3ccc(CCN4CCSCC4)cc3)c12. The van der Waals surface area contributed by atoms with Crippen LogP contribution in [0.15, 0.2) is 60.7 Å². The molecule has 0 radical (unpaired) electrons. The maximum absolute atomic E-state index is 13.4. The third kappa shape index (κ3) is 4.86. The van der Waals surface area contributed by atoms with Crippen molar-refractivity contribution in [2.24, 2.45) is 7.05 Å². The molecule has 1 fully saturated rings. The highest BCUT2D eigenvalue weighted by atomic mass is 32.2. The molecule has 1 saturated heterocycles. The van der Waals surface area contributed by atoms with E-state index in [2.05, 4.69) is 27.4 Å². The normalized spacial score (nSPS) is 14.4. The Bertz CT molecular complexity index is 1290. The van der Waals surface area contributed by atoms with Gasteiger partial charge in [-0.3, -0.25) is 9.48 Å². The number of hydrogen-bond acceptors (Lipinski definition) is 5. The molecule has 34 heavy (non-hydrogen) atoms. The number of hydrogen-bond donors (Lipinski definition) is 1. The Morgan fingerprint density at radius 1 is 1.06 bits per heavy atom. The molecule has 0 bridgehead atoms. The van der Waals surface area contributed by atoms with Crippen LogP contribution in [0.3, 0.4) is 0 Å². The minimum Gasteiger partial charge on any atom is -0.322 e. The van der Waals surface area contributed by atoms with Crippen LogP contribution in [0.5, 0.6) is 0 Å². The van der Waals surface area contributed by atoms with Crippen molar-refractivity contribution in [3.63, 3.8) is 0 Å². The van der Waals surface area contributed by atoms with E-state index < -0.39 is 0 Å². The molecule has 0 atom stereocenters. The predicted molar refractivity (Wildman–Crippen MR) is 141 cm³/mol. The lowest BCUT2D eigenvalue weighted by Gasteiger charge is -2.26. The molecule has 7 heteroatoms. The molecule has 4 aromatic rings. The van der Waals surface area contributed by atoms with Gasteiger partial charge in [-0.1, -0.05) is 42.5 Å². The molecule has 0 spiro atoms. The maximum atomic E-state index is 13.4. The summed E-state index contributed by atoms with van der Waals surface area (Å²) in [6.07, 6.45) is 1.03. The van der Waals surface area contributed by atoms with Crippen molar-refractivity contribution < 1.29 is 4.79 Å². The van der Waals surface area contributed by atoms with E-state index in [1.165, 1.54) is 30.2 Å². The number of rotatable bonds is 6. The summed E-state index contributed by atoms with van der Waals surface area (Å²) in [5.41, 5.74) is 5.88. The Kier molecular flexibility index (Phi) is 6.65. The topological polar surface area (TPSA) is 63.1 Å². The molecular weight excluding hydrogens is 442 g/mol. The maximum Gasteiger partial charge on any atom is 0.256 e. The number of anilines is 1. The standard InChI is InChI=1S/C27H29N5OS/c1-19-25-23(18-24(21-6-4-3-5-7-21)29-26(25)31(2)30-19)27(33)28-22-10-8-20(9-11-22)12-13-32-14-16-34-17-15-32/h3-11,18H,12-17H2,1-2H3,(H,28,33). The van der Waals surface area contributed by atoms with E-state index in [1.807, 2.05) is 74.3 Å². The molecule has 1 amide bonds. The van der Waals surface area contributed by atoms with Crippen LogP contribution in [0.1, 0.15) is 21.6 Å². The van der Waals surface area contributed by atoms with Crippen LogP contribution in [0.2, 0.25) is 0 Å². The van der Waals surface area contributed by atoms with E-state index >= 15 is 0 Å². The second-order valence-electron chi connectivity index (χ2n) is 8.68. The third-order valence-electron chi connectivity index (χ3n) is 6.32. The van der Waals surface area contributed by atoms with Gasteiger partial charge in [-0.2, -0.15) is 16.9 Å². The highest BCUT2D eigenvalue weighted by molar-refractivity contribution is 7.99. The largest absolute Gasteiger partial charge is 0.322 e. The number of pyridine rings is 1. The molecule has 5 rings (SSSR count). The van der Waals surface area contributed by atoms with Gasteiger partial charge >= 0.3 is 0 Å². The Morgan fingerprint density at radius 3 is 2.53 bits per heavy atom. The van der Waals surface area contributed by atoms with Gasteiger partial charge in [-0.25, -0.2) is 4.98 Å². The highest BCUT2D eigenvalue weighted by Gasteiger charge is 2.19. The summed E-state index contributed by atoms with van der Waals surface area (Å²) in [5.74, 6) is 2.31. The second-order valence-corrected chi connectivity index (χ2v) is 9.91. The molecule has 1 aliphatic heterocycles. The lowest BCUT2D eigenvalue weighted by Crippen LogP contribution is -2.34. The van der Waals surface area contributed by atoms with Gasteiger partial charge in [0.1, 0.15) is 0 Å². The molecule has 0 aliphatic carbocycles. The molecular formula is C27H29N5OS. The number of aryl methyl sites for hydroxylation is 2. The minimum absolute atomic E-state index is 0.153. The van der Waals surface area contributed by atoms with Crippen LogP contribution in [0, 0.1) is 6.92 Å². The number of carbonyl (C=O) groups excluding carboxylic acids is 1. The molecule has 1 N–H and O–H groups in total. The van der Waals surface area contributed by atoms with Crippen molar-refractivity contribution in [2.75, 3.05) is 36.5 Å². The number of nitrogens with zero attached hydrogens (tertiary/aromatic N) is 4. The summed E-state index contributed by atoms with van der Waals surface area (Å²) in [6, 6.07) is 20.0. The van der Waals surface area contributed by atoms with Gasteiger partial charge in [-0.15, -0.1) is 0 Å². The molecule has 6 nitrogen and oxygen atoms in total. The van der Waals surface area contributed by atoms with Crippen LogP contribution in [0.4, 0.5) is 5.69 Å². The van der Waals surface area contributed by atoms with Crippen LogP contribution in [-0.4, -0.2) is 56.7 Å². The molecule has 0 unspecified atom stereocenters. The minimum atomic E-state index is -0.153. The average Bonchev–Trinajstić information content (AvgIpc) is 3.17. The van der Waals surface area contributed by atoms with Crippen molar-refractivity contribution in [1.29, 1.82) is 0 Å². The highest BCUT2D eigenvalue weighted by Crippen LogP contribution is 2.27. The number of amides is 1. The fourth-order valence-electron chi connectivity index (χ4n) is 4.45. The summed E-state index contributed by atoms with van der Waals surface area (Å²) in [4.78, 5) is 20.7. The number of fused-ring (bicyclic) bond motifs is 1. The quantitative estimate of drug-likeness (QED) is 0.438. The molecule has 2 aromatic heterocycles. The van der Waals surface area contributed by atoms with Crippen LogP contribution in [-0.2, 0) is 13.5 Å². The summed E-state index contributed by atoms with van der Waals surface area (Å²) < 4.78 is 1.74. The number of benzene rings is 2. The molecule has 174 valence electrons. The molecule has 3 heterocycles. The van der Waals surface area contributed by atoms with Gasteiger partial charge in [0.2, 0.25) is 0 Å². The molecule has 1 aliphatic rings. The summed E-state index contributed by atoms with van der Waals surface area (Å²) >= 11 is 2.04. The smallest absolute Gasteiger partial charge is 0.256 e. The van der Waals surface area contributed by atoms with E-state index in [-0.39, 0.29) is 5.91 Å². The van der Waals surface area contributed by atoms with E-state index in [0.717, 1.165) is 41.0 Å². The lowest BCUT2D eigenvalue weighted by molar-refractivity contribution is 0.102. The lowest BCUT2D eigenvalue weighted by atomic mass is 10.0. The van der Waals surface area contributed by atoms with Crippen molar-refractivity contribution in [3.05, 3.63) is 77.5 Å². The second kappa shape index (κ2) is 9.99. The summed E-state index contributed by atoms with van der Waals surface area (Å²) in [7, 11) is 1.86. The molecule has 0 saturated carbocycles. The van der Waals surface area contributed by atoms with Gasteiger partial charge < -0.3 is 10.2 Å². The van der Waals surface area contributed by atoms with Crippen molar-refractivity contribution >= 4 is 34.4 Å². The van der Waals surface area contributed by atoms with Crippen molar-refractivity contribution in [2.45, 2.75) is 13.3 Å². The van der Waals surface area contributed by atoms with E-state index in [0.29, 0.717) is 11.2 Å². The number of thioether (sulfide) groups is 1. The van der Waals surface area contributed by atoms with Crippen molar-refractivity contribution in [1.82, 2.24) is 19.7 Å². The van der Waals surface area contributed by atoms with Gasteiger partial charge in [0.25, 0.3) is 5.91 Å². The van der Waals surface area contributed by atoms with Gasteiger partial charge in [0.05, 0.1) is 22.3 Å². The zero-order valence-electron chi connectivity index (χ0n) is 19.6. The van der Waals surface area contributed by atoms with Gasteiger partial charge in [0, 0.05) is 49.4 Å². The van der Waals surface area contributed by atoms with Crippen LogP contribution in [0.25, 0.3) is 22.3 Å². The first-order valence-corrected chi connectivity index (χ1v) is 12.8. The summed E-state index contributed by atoms with van der Waals surface area (Å²) in [5, 5.41) is 8.38. The fourth-order valence-corrected chi connectivity index (χ4v) is 5.42. The average molecular weight is 472 g/mol. The van der Waals surface area contributed by atoms with Gasteiger partial charge in [-0.05, 0) is 37.1 Å². The Labute approximate surface area is 204 Å². The Balaban J connectivity index is 1.37. The van der Waals surface area contributed by atoms with E-state index in [9.17, 15) is 4.79 Å². The van der Waals surface area contributed by atoms with Gasteiger partial charge in [0.15, 0.2) is 5.65 Å². The zero-order chi connectivity index (χ0) is 23.5. The molecule has 2 aromatic carbocycles. The Hall–Kier alpha value is -3.16. The third-order valence-corrected chi connectivity index (χ3v) is 7.26. The first-order chi connectivity index (χ1) is 16.6. The van der Waals surface area contributed by atoms with Crippen LogP contribution < -0.4 is 5.32 Å². The first kappa shape index (κ1) is 22.6. The fraction of sp³-hybridized carbons (Fsp3) is 0.296. The van der Waals surface area contributed by atoms with Crippen LogP contribution >= 0.6 is 11.8 Å². The van der Waals surface area contributed by atoms with Crippen molar-refractivity contribution in [3.8, 4) is 11.3 Å². The first-order valence-electron chi connectivity index (χ1n) is 11.7. The predicted octanol–water partition coefficient (Wildman–Crippen LogP) is 4.79. The van der Waals surface area contributed by atoms with E-state index in [4.69, 9.17) is 4.98 Å². The number of aromatic nitrogens is 3. The Morgan fingerprint density at radius 2 is 1.79 bits per heavy atom. The summed E-state index contributed by atoms with van der Waals surface area (Å²) in [6.45, 7) is 5.36. The zero-order valence-corrected chi connectivity index (χ0v) is 20.4. The number of nitrogens with one attached hydrogen (secondary N) is 1. The number of carbonyl (C=O) groups is 1.